The summed E-state index contributed by atoms with van der Waals surface area (Å²) in [6, 6.07) is 5.69. The van der Waals surface area contributed by atoms with Crippen LogP contribution in [0.15, 0.2) is 41.3 Å². The molecule has 0 saturated heterocycles. The van der Waals surface area contributed by atoms with Crippen LogP contribution < -0.4 is 10.3 Å². The van der Waals surface area contributed by atoms with Gasteiger partial charge in [0.05, 0.1) is 17.7 Å². The predicted molar refractivity (Wildman–Crippen MR) is 94.6 cm³/mol. The molecule has 0 bridgehead atoms. The molecule has 27 heavy (non-hydrogen) atoms. The zero-order chi connectivity index (χ0) is 19.7. The summed E-state index contributed by atoms with van der Waals surface area (Å²) in [5.74, 6) is -2.82. The van der Waals surface area contributed by atoms with Gasteiger partial charge in [-0.3, -0.25) is 9.36 Å². The second kappa shape index (κ2) is 7.12. The molecule has 0 atom stereocenters. The van der Waals surface area contributed by atoms with E-state index in [1.165, 1.54) is 12.1 Å². The first kappa shape index (κ1) is 18.5. The van der Waals surface area contributed by atoms with Crippen LogP contribution in [-0.4, -0.2) is 45.9 Å². The van der Waals surface area contributed by atoms with Crippen molar-refractivity contribution in [3.8, 4) is 5.69 Å². The summed E-state index contributed by atoms with van der Waals surface area (Å²) in [5, 5.41) is 18.3. The van der Waals surface area contributed by atoms with Crippen molar-refractivity contribution in [2.75, 3.05) is 25.1 Å². The smallest absolute Gasteiger partial charge is 0.341 e. The summed E-state index contributed by atoms with van der Waals surface area (Å²) >= 11 is 0. The van der Waals surface area contributed by atoms with Crippen LogP contribution in [0, 0.1) is 11.6 Å². The third-order valence-electron chi connectivity index (χ3n) is 4.06. The van der Waals surface area contributed by atoms with E-state index < -0.39 is 28.6 Å². The number of hydrogen-bond acceptors (Lipinski definition) is 5. The molecule has 0 unspecified atom stereocenters. The topological polar surface area (TPSA) is 95.7 Å². The summed E-state index contributed by atoms with van der Waals surface area (Å²) in [7, 11) is 1.66. The third-order valence-corrected chi connectivity index (χ3v) is 4.06. The second-order valence-electron chi connectivity index (χ2n) is 5.83. The highest BCUT2D eigenvalue weighted by molar-refractivity contribution is 5.92. The number of carboxylic acids is 1. The van der Waals surface area contributed by atoms with E-state index in [1.54, 1.807) is 11.9 Å². The lowest BCUT2D eigenvalue weighted by atomic mass is 10.1. The fourth-order valence-electron chi connectivity index (χ4n) is 2.68. The molecule has 0 spiro atoms. The van der Waals surface area contributed by atoms with Crippen molar-refractivity contribution < 1.29 is 23.8 Å². The Morgan fingerprint density at radius 2 is 2.00 bits per heavy atom. The molecule has 0 saturated carbocycles. The Morgan fingerprint density at radius 1 is 1.26 bits per heavy atom. The minimum atomic E-state index is -1.47. The first-order valence-corrected chi connectivity index (χ1v) is 7.90. The van der Waals surface area contributed by atoms with Gasteiger partial charge in [0, 0.05) is 25.9 Å². The zero-order valence-electron chi connectivity index (χ0n) is 14.2. The molecule has 7 nitrogen and oxygen atoms in total. The number of nitrogens with zero attached hydrogens (tertiary/aromatic N) is 3. The van der Waals surface area contributed by atoms with Crippen LogP contribution in [-0.2, 0) is 0 Å². The molecule has 9 heteroatoms. The number of carboxylic acid groups (broad SMARTS) is 1. The summed E-state index contributed by atoms with van der Waals surface area (Å²) in [6.07, 6.45) is 0.964. The number of halogens is 2. The van der Waals surface area contributed by atoms with Gasteiger partial charge in [0.2, 0.25) is 5.43 Å². The minimum Gasteiger partial charge on any atom is -0.477 e. The molecule has 0 fully saturated rings. The molecule has 0 aliphatic heterocycles. The maximum absolute atomic E-state index is 14.3. The van der Waals surface area contributed by atoms with Crippen molar-refractivity contribution in [3.63, 3.8) is 0 Å². The maximum Gasteiger partial charge on any atom is 0.341 e. The molecule has 0 aliphatic carbocycles. The molecule has 0 radical (unpaired) electrons. The normalized spacial score (nSPS) is 11.0. The summed E-state index contributed by atoms with van der Waals surface area (Å²) in [4.78, 5) is 29.8. The lowest BCUT2D eigenvalue weighted by molar-refractivity contribution is 0.0695. The van der Waals surface area contributed by atoms with E-state index >= 15 is 0 Å². The van der Waals surface area contributed by atoms with Crippen LogP contribution >= 0.6 is 0 Å². The number of aliphatic hydroxyl groups excluding tert-OH is 1. The largest absolute Gasteiger partial charge is 0.477 e. The van der Waals surface area contributed by atoms with E-state index in [9.17, 15) is 23.5 Å². The third kappa shape index (κ3) is 3.36. The van der Waals surface area contributed by atoms with Crippen molar-refractivity contribution in [1.82, 2.24) is 9.55 Å². The van der Waals surface area contributed by atoms with E-state index in [1.807, 2.05) is 0 Å². The number of rotatable bonds is 5. The van der Waals surface area contributed by atoms with Crippen molar-refractivity contribution in [1.29, 1.82) is 0 Å². The number of hydrogen-bond donors (Lipinski definition) is 2. The summed E-state index contributed by atoms with van der Waals surface area (Å²) < 4.78 is 28.7. The lowest BCUT2D eigenvalue weighted by Crippen LogP contribution is -2.24. The van der Waals surface area contributed by atoms with E-state index in [0.29, 0.717) is 11.9 Å². The van der Waals surface area contributed by atoms with E-state index in [2.05, 4.69) is 4.98 Å². The zero-order valence-corrected chi connectivity index (χ0v) is 14.2. The Bertz CT molecular complexity index is 1100. The number of aliphatic hydroxyl groups is 1. The standard InChI is InChI=1S/C18H15F2N3O4/c1-22(6-7-24)15-5-3-11-16(25)12(18(26)27)9-23(17(11)21-15)14-4-2-10(19)8-13(14)20/h2-5,8-9,24H,6-7H2,1H3,(H,26,27). The number of likely N-dealkylation sites (N-methyl/N-ethyl adjacent to an activating group) is 1. The summed E-state index contributed by atoms with van der Waals surface area (Å²) in [6.45, 7) is 0.133. The highest BCUT2D eigenvalue weighted by Gasteiger charge is 2.19. The summed E-state index contributed by atoms with van der Waals surface area (Å²) in [5.41, 5.74) is -1.47. The van der Waals surface area contributed by atoms with E-state index in [4.69, 9.17) is 5.11 Å². The van der Waals surface area contributed by atoms with Gasteiger partial charge in [0.15, 0.2) is 5.65 Å². The van der Waals surface area contributed by atoms with Gasteiger partial charge in [-0.1, -0.05) is 0 Å². The molecule has 0 aliphatic rings. The molecule has 3 aromatic rings. The van der Waals surface area contributed by atoms with Gasteiger partial charge in [-0.2, -0.15) is 0 Å². The number of aromatic carboxylic acids is 1. The van der Waals surface area contributed by atoms with Crippen molar-refractivity contribution >= 4 is 22.8 Å². The van der Waals surface area contributed by atoms with E-state index in [0.717, 1.165) is 22.9 Å². The fourth-order valence-corrected chi connectivity index (χ4v) is 2.68. The Morgan fingerprint density at radius 3 is 2.63 bits per heavy atom. The molecule has 140 valence electrons. The minimum absolute atomic E-state index is 0.0118. The van der Waals surface area contributed by atoms with Crippen LogP contribution in [0.4, 0.5) is 14.6 Å². The molecule has 2 N–H and O–H groups in total. The number of aromatic nitrogens is 2. The van der Waals surface area contributed by atoms with Gasteiger partial charge in [0.25, 0.3) is 0 Å². The van der Waals surface area contributed by atoms with Gasteiger partial charge in [0.1, 0.15) is 23.0 Å². The van der Waals surface area contributed by atoms with Crippen LogP contribution in [0.5, 0.6) is 0 Å². The van der Waals surface area contributed by atoms with Crippen molar-refractivity contribution in [2.45, 2.75) is 0 Å². The second-order valence-corrected chi connectivity index (χ2v) is 5.83. The predicted octanol–water partition coefficient (Wildman–Crippen LogP) is 1.79. The molecular formula is C18H15F2N3O4. The van der Waals surface area contributed by atoms with Gasteiger partial charge in [-0.15, -0.1) is 0 Å². The molecule has 2 aromatic heterocycles. The monoisotopic (exact) mass is 375 g/mol. The Labute approximate surface area is 151 Å². The highest BCUT2D eigenvalue weighted by Crippen LogP contribution is 2.22. The fraction of sp³-hybridized carbons (Fsp3) is 0.167. The molecule has 1 aromatic carbocycles. The van der Waals surface area contributed by atoms with Crippen molar-refractivity contribution in [3.05, 3.63) is 63.9 Å². The Hall–Kier alpha value is -3.33. The van der Waals surface area contributed by atoms with Crippen LogP contribution in [0.2, 0.25) is 0 Å². The molecule has 2 heterocycles. The Balaban J connectivity index is 2.37. The first-order valence-electron chi connectivity index (χ1n) is 7.90. The van der Waals surface area contributed by atoms with Crippen LogP contribution in [0.25, 0.3) is 16.7 Å². The average molecular weight is 375 g/mol. The lowest BCUT2D eigenvalue weighted by Gasteiger charge is -2.19. The van der Waals surface area contributed by atoms with Crippen molar-refractivity contribution in [2.24, 2.45) is 0 Å². The van der Waals surface area contributed by atoms with E-state index in [-0.39, 0.29) is 29.9 Å². The number of pyridine rings is 2. The molecular weight excluding hydrogens is 360 g/mol. The number of benzene rings is 1. The highest BCUT2D eigenvalue weighted by atomic mass is 19.1. The molecule has 0 amide bonds. The van der Waals surface area contributed by atoms with Crippen LogP contribution in [0.1, 0.15) is 10.4 Å². The SMILES string of the molecule is CN(CCO)c1ccc2c(=O)c(C(=O)O)cn(-c3ccc(F)cc3F)c2n1. The average Bonchev–Trinajstić information content (AvgIpc) is 2.62. The van der Waals surface area contributed by atoms with Crippen LogP contribution in [0.3, 0.4) is 0 Å². The van der Waals surface area contributed by atoms with Gasteiger partial charge >= 0.3 is 5.97 Å². The number of carbonyl (C=O) groups is 1. The van der Waals surface area contributed by atoms with Gasteiger partial charge in [-0.05, 0) is 24.3 Å². The molecule has 3 rings (SSSR count). The quantitative estimate of drug-likeness (QED) is 0.706. The number of anilines is 1. The Kier molecular flexibility index (Phi) is 4.87. The number of fused-ring (bicyclic) bond motifs is 1. The van der Waals surface area contributed by atoms with Gasteiger partial charge in [-0.25, -0.2) is 18.6 Å². The first-order chi connectivity index (χ1) is 12.8. The van der Waals surface area contributed by atoms with Gasteiger partial charge < -0.3 is 15.1 Å². The maximum atomic E-state index is 14.3.